The van der Waals surface area contributed by atoms with Crippen molar-refractivity contribution in [3.8, 4) is 0 Å². The molecule has 0 aromatic heterocycles. The van der Waals surface area contributed by atoms with Crippen molar-refractivity contribution in [1.29, 1.82) is 0 Å². The van der Waals surface area contributed by atoms with Crippen molar-refractivity contribution >= 4 is 11.9 Å². The maximum Gasteiger partial charge on any atom is 0.306 e. The maximum absolute atomic E-state index is 12.7. The van der Waals surface area contributed by atoms with Crippen LogP contribution in [0.25, 0.3) is 0 Å². The SMILES string of the molecule is CC.CC.CCCCCCCCC(CCCCCCC)OC(=O)CCCCCCC[N+](C)(CCO)CCCCCCCC(=O)OCCCCCC. The van der Waals surface area contributed by atoms with Crippen LogP contribution in [0.1, 0.15) is 235 Å². The molecule has 0 fully saturated rings. The molecule has 2 unspecified atom stereocenters. The van der Waals surface area contributed by atoms with Gasteiger partial charge in [0.05, 0.1) is 33.4 Å². The van der Waals surface area contributed by atoms with Crippen molar-refractivity contribution in [2.75, 3.05) is 39.9 Å². The summed E-state index contributed by atoms with van der Waals surface area (Å²) < 4.78 is 12.3. The van der Waals surface area contributed by atoms with Gasteiger partial charge >= 0.3 is 11.9 Å². The molecule has 0 spiro atoms. The van der Waals surface area contributed by atoms with E-state index in [-0.39, 0.29) is 24.6 Å². The van der Waals surface area contributed by atoms with Gasteiger partial charge in [-0.15, -0.1) is 0 Å². The summed E-state index contributed by atoms with van der Waals surface area (Å²) in [6, 6.07) is 0. The predicted molar refractivity (Wildman–Crippen MR) is 222 cm³/mol. The molecule has 0 heterocycles. The van der Waals surface area contributed by atoms with Crippen LogP contribution in [0.4, 0.5) is 0 Å². The van der Waals surface area contributed by atoms with E-state index in [9.17, 15) is 14.7 Å². The van der Waals surface area contributed by atoms with Crippen LogP contribution in [0.5, 0.6) is 0 Å². The minimum Gasteiger partial charge on any atom is -0.466 e. The van der Waals surface area contributed by atoms with Crippen molar-refractivity contribution in [3.63, 3.8) is 0 Å². The van der Waals surface area contributed by atoms with Gasteiger partial charge in [0, 0.05) is 12.8 Å². The summed E-state index contributed by atoms with van der Waals surface area (Å²) >= 11 is 0. The van der Waals surface area contributed by atoms with Gasteiger partial charge in [-0.05, 0) is 70.6 Å². The van der Waals surface area contributed by atoms with Crippen molar-refractivity contribution in [3.05, 3.63) is 0 Å². The van der Waals surface area contributed by atoms with Crippen LogP contribution in [0.3, 0.4) is 0 Å². The molecule has 0 aliphatic heterocycles. The fraction of sp³-hybridized carbons (Fsp3) is 0.956. The third-order valence-corrected chi connectivity index (χ3v) is 9.87. The summed E-state index contributed by atoms with van der Waals surface area (Å²) in [5.74, 6) is -0.0241. The average molecular weight is 729 g/mol. The number of hydrogen-bond acceptors (Lipinski definition) is 5. The number of aliphatic hydroxyl groups is 1. The van der Waals surface area contributed by atoms with Crippen LogP contribution in [-0.4, -0.2) is 67.5 Å². The Morgan fingerprint density at radius 1 is 0.490 bits per heavy atom. The Bertz CT molecular complexity index is 688. The van der Waals surface area contributed by atoms with E-state index in [0.29, 0.717) is 19.4 Å². The highest BCUT2D eigenvalue weighted by Crippen LogP contribution is 2.19. The molecule has 51 heavy (non-hydrogen) atoms. The second kappa shape index (κ2) is 45.0. The van der Waals surface area contributed by atoms with Crippen molar-refractivity contribution < 1.29 is 28.7 Å². The molecular weight excluding hydrogens is 634 g/mol. The molecule has 6 nitrogen and oxygen atoms in total. The molecule has 0 rings (SSSR count). The molecule has 0 aliphatic carbocycles. The number of rotatable bonds is 37. The maximum atomic E-state index is 12.7. The molecule has 0 amide bonds. The molecule has 0 saturated carbocycles. The van der Waals surface area contributed by atoms with Crippen molar-refractivity contribution in [2.24, 2.45) is 0 Å². The standard InChI is InChI=1S/C41H82NO5.2C2H6/c1-5-8-11-14-18-24-31-39(30-23-17-12-9-6-2)47-41(45)33-26-20-16-22-28-35-42(4,36-37-43)34-27-21-15-19-25-32-40(44)46-38-29-13-10-7-3;2*1-2/h39,43H,5-38H2,1-4H3;2*1-2H3/q+1;;. The smallest absolute Gasteiger partial charge is 0.306 e. The zero-order valence-corrected chi connectivity index (χ0v) is 36.1. The second-order valence-corrected chi connectivity index (χ2v) is 14.7. The first kappa shape index (κ1) is 54.2. The number of carbonyl (C=O) groups excluding carboxylic acids is 2. The molecule has 0 aromatic carbocycles. The third-order valence-electron chi connectivity index (χ3n) is 9.87. The number of carbonyl (C=O) groups is 2. The Hall–Kier alpha value is -1.14. The fourth-order valence-corrected chi connectivity index (χ4v) is 6.59. The number of hydrogen-bond donors (Lipinski definition) is 1. The van der Waals surface area contributed by atoms with Crippen LogP contribution in [0.15, 0.2) is 0 Å². The lowest BCUT2D eigenvalue weighted by Crippen LogP contribution is -2.47. The fourth-order valence-electron chi connectivity index (χ4n) is 6.59. The Labute approximate surface area is 320 Å². The van der Waals surface area contributed by atoms with E-state index < -0.39 is 0 Å². The number of esters is 2. The molecular formula is C45H94NO5+. The molecule has 6 heteroatoms. The quantitative estimate of drug-likeness (QED) is 0.0392. The summed E-state index contributed by atoms with van der Waals surface area (Å²) in [6.07, 6.45) is 32.9. The van der Waals surface area contributed by atoms with Crippen LogP contribution in [-0.2, 0) is 19.1 Å². The number of nitrogens with zero attached hydrogens (tertiary/aromatic N) is 1. The predicted octanol–water partition coefficient (Wildman–Crippen LogP) is 13.3. The van der Waals surface area contributed by atoms with Gasteiger partial charge in [-0.2, -0.15) is 0 Å². The van der Waals surface area contributed by atoms with Gasteiger partial charge in [-0.1, -0.05) is 151 Å². The lowest BCUT2D eigenvalue weighted by atomic mass is 10.0. The molecule has 0 aliphatic rings. The zero-order valence-electron chi connectivity index (χ0n) is 36.1. The van der Waals surface area contributed by atoms with Gasteiger partial charge < -0.3 is 19.1 Å². The highest BCUT2D eigenvalue weighted by molar-refractivity contribution is 5.69. The average Bonchev–Trinajstić information content (AvgIpc) is 3.13. The van der Waals surface area contributed by atoms with Crippen molar-refractivity contribution in [1.82, 2.24) is 0 Å². The number of ether oxygens (including phenoxy) is 2. The molecule has 0 aromatic rings. The number of aliphatic hydroxyl groups excluding tert-OH is 1. The summed E-state index contributed by atoms with van der Waals surface area (Å²) in [4.78, 5) is 24.5. The van der Waals surface area contributed by atoms with E-state index in [0.717, 1.165) is 88.3 Å². The van der Waals surface area contributed by atoms with Crippen LogP contribution in [0, 0.1) is 0 Å². The summed E-state index contributed by atoms with van der Waals surface area (Å²) in [7, 11) is 2.29. The third kappa shape index (κ3) is 41.5. The van der Waals surface area contributed by atoms with E-state index in [1.165, 1.54) is 109 Å². The van der Waals surface area contributed by atoms with E-state index in [1.54, 1.807) is 0 Å². The first-order chi connectivity index (χ1) is 24.9. The van der Waals surface area contributed by atoms with Gasteiger partial charge in [-0.25, -0.2) is 0 Å². The van der Waals surface area contributed by atoms with Gasteiger partial charge in [0.15, 0.2) is 0 Å². The highest BCUT2D eigenvalue weighted by Gasteiger charge is 2.20. The molecule has 0 saturated heterocycles. The first-order valence-electron chi connectivity index (χ1n) is 22.7. The van der Waals surface area contributed by atoms with Crippen LogP contribution in [0.2, 0.25) is 0 Å². The van der Waals surface area contributed by atoms with E-state index in [1.807, 2.05) is 27.7 Å². The Morgan fingerprint density at radius 3 is 1.31 bits per heavy atom. The lowest BCUT2D eigenvalue weighted by Gasteiger charge is -2.34. The van der Waals surface area contributed by atoms with Gasteiger partial charge in [0.2, 0.25) is 0 Å². The summed E-state index contributed by atoms with van der Waals surface area (Å²) in [5, 5.41) is 9.69. The van der Waals surface area contributed by atoms with E-state index >= 15 is 0 Å². The lowest BCUT2D eigenvalue weighted by molar-refractivity contribution is -0.910. The molecule has 0 radical (unpaired) electrons. The molecule has 2 atom stereocenters. The number of likely N-dealkylation sites (N-methyl/N-ethyl adjacent to an activating group) is 1. The van der Waals surface area contributed by atoms with Crippen molar-refractivity contribution in [2.45, 2.75) is 241 Å². The summed E-state index contributed by atoms with van der Waals surface area (Å²) in [5.41, 5.74) is 0. The van der Waals surface area contributed by atoms with Crippen LogP contribution >= 0.6 is 0 Å². The monoisotopic (exact) mass is 729 g/mol. The van der Waals surface area contributed by atoms with E-state index in [4.69, 9.17) is 9.47 Å². The highest BCUT2D eigenvalue weighted by atomic mass is 16.5. The Kier molecular flexibility index (Phi) is 47.8. The van der Waals surface area contributed by atoms with Gasteiger partial charge in [0.1, 0.15) is 12.6 Å². The molecule has 1 N–H and O–H groups in total. The normalized spacial score (nSPS) is 12.6. The van der Waals surface area contributed by atoms with Crippen LogP contribution < -0.4 is 0 Å². The Morgan fingerprint density at radius 2 is 0.863 bits per heavy atom. The number of unbranched alkanes of at least 4 members (excludes halogenated alkanes) is 20. The Balaban J connectivity index is -0.00000554. The number of quaternary nitrogens is 1. The van der Waals surface area contributed by atoms with Gasteiger partial charge in [-0.3, -0.25) is 9.59 Å². The molecule has 0 bridgehead atoms. The molecule has 308 valence electrons. The topological polar surface area (TPSA) is 72.8 Å². The first-order valence-corrected chi connectivity index (χ1v) is 22.7. The minimum absolute atomic E-state index is 0.0134. The van der Waals surface area contributed by atoms with Gasteiger partial charge in [0.25, 0.3) is 0 Å². The minimum atomic E-state index is -0.0374. The zero-order chi connectivity index (χ0) is 38.7. The summed E-state index contributed by atoms with van der Waals surface area (Å²) in [6.45, 7) is 18.5. The second-order valence-electron chi connectivity index (χ2n) is 14.7. The van der Waals surface area contributed by atoms with E-state index in [2.05, 4.69) is 27.8 Å². The largest absolute Gasteiger partial charge is 0.466 e.